The number of nitrogens with one attached hydrogen (secondary N) is 1. The highest BCUT2D eigenvalue weighted by molar-refractivity contribution is 6.02. The molecule has 1 aromatic heterocycles. The average Bonchev–Trinajstić information content (AvgIpc) is 3.05. The van der Waals surface area contributed by atoms with Crippen LogP contribution in [0.1, 0.15) is 39.1 Å². The molecule has 5 nitrogen and oxygen atoms in total. The Bertz CT molecular complexity index is 851. The maximum atomic E-state index is 12.4. The lowest BCUT2D eigenvalue weighted by Gasteiger charge is -2.07. The van der Waals surface area contributed by atoms with Crippen molar-refractivity contribution in [1.82, 2.24) is 4.98 Å². The SMILES string of the molecule is Cc1cc(C)cc(NC(=O)c2coc(C(N)Cc3ccccc3)n2)c1. The fraction of sp³-hybridized carbons (Fsp3) is 0.200. The van der Waals surface area contributed by atoms with Gasteiger partial charge in [-0.15, -0.1) is 0 Å². The van der Waals surface area contributed by atoms with Gasteiger partial charge in [-0.2, -0.15) is 0 Å². The Labute approximate surface area is 146 Å². The quantitative estimate of drug-likeness (QED) is 0.743. The standard InChI is InChI=1S/C20H21N3O2/c1-13-8-14(2)10-16(9-13)22-19(24)18-12-25-20(23-18)17(21)11-15-6-4-3-5-7-15/h3-10,12,17H,11,21H2,1-2H3,(H,22,24). The van der Waals surface area contributed by atoms with Gasteiger partial charge in [0.25, 0.3) is 5.91 Å². The van der Waals surface area contributed by atoms with Crippen molar-refractivity contribution in [3.63, 3.8) is 0 Å². The predicted molar refractivity (Wildman–Crippen MR) is 97.4 cm³/mol. The molecule has 2 aromatic carbocycles. The first kappa shape index (κ1) is 16.9. The Kier molecular flexibility index (Phi) is 4.95. The highest BCUT2D eigenvalue weighted by Crippen LogP contribution is 2.18. The number of hydrogen-bond donors (Lipinski definition) is 2. The van der Waals surface area contributed by atoms with Gasteiger partial charge in [0.1, 0.15) is 6.26 Å². The summed E-state index contributed by atoms with van der Waals surface area (Å²) in [6.45, 7) is 3.97. The number of amides is 1. The molecule has 0 fully saturated rings. The number of oxazole rings is 1. The molecule has 1 atom stereocenters. The molecule has 5 heteroatoms. The molecule has 3 aromatic rings. The summed E-state index contributed by atoms with van der Waals surface area (Å²) in [7, 11) is 0. The molecule has 0 spiro atoms. The third kappa shape index (κ3) is 4.33. The van der Waals surface area contributed by atoms with Gasteiger partial charge in [-0.25, -0.2) is 4.98 Å². The number of carbonyl (C=O) groups is 1. The number of hydrogen-bond acceptors (Lipinski definition) is 4. The minimum absolute atomic E-state index is 0.220. The van der Waals surface area contributed by atoms with Crippen LogP contribution in [-0.2, 0) is 6.42 Å². The molecule has 1 unspecified atom stereocenters. The highest BCUT2D eigenvalue weighted by Gasteiger charge is 2.17. The molecule has 0 radical (unpaired) electrons. The van der Waals surface area contributed by atoms with Crippen LogP contribution in [0.2, 0.25) is 0 Å². The van der Waals surface area contributed by atoms with E-state index >= 15 is 0 Å². The molecule has 3 N–H and O–H groups in total. The van der Waals surface area contributed by atoms with E-state index in [0.29, 0.717) is 12.3 Å². The van der Waals surface area contributed by atoms with Gasteiger partial charge >= 0.3 is 0 Å². The minimum Gasteiger partial charge on any atom is -0.446 e. The van der Waals surface area contributed by atoms with Gasteiger partial charge in [-0.1, -0.05) is 36.4 Å². The van der Waals surface area contributed by atoms with E-state index in [1.54, 1.807) is 0 Å². The van der Waals surface area contributed by atoms with E-state index < -0.39 is 6.04 Å². The van der Waals surface area contributed by atoms with Crippen molar-refractivity contribution in [1.29, 1.82) is 0 Å². The second-order valence-corrected chi connectivity index (χ2v) is 6.20. The zero-order valence-corrected chi connectivity index (χ0v) is 14.3. The molecule has 128 valence electrons. The molecule has 0 aliphatic heterocycles. The summed E-state index contributed by atoms with van der Waals surface area (Å²) < 4.78 is 5.41. The Morgan fingerprint density at radius 1 is 1.16 bits per heavy atom. The van der Waals surface area contributed by atoms with Crippen LogP contribution < -0.4 is 11.1 Å². The monoisotopic (exact) mass is 335 g/mol. The lowest BCUT2D eigenvalue weighted by atomic mass is 10.1. The molecule has 25 heavy (non-hydrogen) atoms. The van der Waals surface area contributed by atoms with Gasteiger partial charge in [-0.05, 0) is 49.1 Å². The van der Waals surface area contributed by atoms with Crippen molar-refractivity contribution in [2.24, 2.45) is 5.73 Å². The van der Waals surface area contributed by atoms with Crippen LogP contribution in [0.3, 0.4) is 0 Å². The zero-order valence-electron chi connectivity index (χ0n) is 14.3. The van der Waals surface area contributed by atoms with Gasteiger partial charge in [-0.3, -0.25) is 4.79 Å². The summed E-state index contributed by atoms with van der Waals surface area (Å²) in [5, 5.41) is 2.84. The topological polar surface area (TPSA) is 81.2 Å². The van der Waals surface area contributed by atoms with Crippen molar-refractivity contribution < 1.29 is 9.21 Å². The first-order valence-corrected chi connectivity index (χ1v) is 8.16. The Balaban J connectivity index is 1.68. The normalized spacial score (nSPS) is 12.0. The smallest absolute Gasteiger partial charge is 0.277 e. The number of nitrogens with two attached hydrogens (primary N) is 1. The summed E-state index contributed by atoms with van der Waals surface area (Å²) in [5.74, 6) is 0.0429. The van der Waals surface area contributed by atoms with Crippen LogP contribution in [-0.4, -0.2) is 10.9 Å². The van der Waals surface area contributed by atoms with Gasteiger partial charge in [0.15, 0.2) is 5.69 Å². The summed E-state index contributed by atoms with van der Waals surface area (Å²) >= 11 is 0. The van der Waals surface area contributed by atoms with Crippen molar-refractivity contribution >= 4 is 11.6 Å². The lowest BCUT2D eigenvalue weighted by Crippen LogP contribution is -2.16. The van der Waals surface area contributed by atoms with E-state index in [4.69, 9.17) is 10.2 Å². The van der Waals surface area contributed by atoms with Crippen molar-refractivity contribution in [3.8, 4) is 0 Å². The Morgan fingerprint density at radius 2 is 1.84 bits per heavy atom. The molecule has 0 saturated carbocycles. The van der Waals surface area contributed by atoms with Crippen LogP contribution in [0.4, 0.5) is 5.69 Å². The average molecular weight is 335 g/mol. The largest absolute Gasteiger partial charge is 0.446 e. The second-order valence-electron chi connectivity index (χ2n) is 6.20. The van der Waals surface area contributed by atoms with Crippen LogP contribution in [0.15, 0.2) is 59.2 Å². The van der Waals surface area contributed by atoms with E-state index in [1.807, 2.05) is 62.4 Å². The first-order chi connectivity index (χ1) is 12.0. The third-order valence-electron chi connectivity index (χ3n) is 3.85. The molecule has 1 heterocycles. The van der Waals surface area contributed by atoms with Crippen LogP contribution >= 0.6 is 0 Å². The van der Waals surface area contributed by atoms with E-state index in [1.165, 1.54) is 6.26 Å². The number of aromatic nitrogens is 1. The first-order valence-electron chi connectivity index (χ1n) is 8.16. The molecular formula is C20H21N3O2. The van der Waals surface area contributed by atoms with Crippen molar-refractivity contribution in [3.05, 3.63) is 83.1 Å². The number of carbonyl (C=O) groups excluding carboxylic acids is 1. The molecule has 3 rings (SSSR count). The third-order valence-corrected chi connectivity index (χ3v) is 3.85. The molecule has 0 aliphatic carbocycles. The summed E-state index contributed by atoms with van der Waals surface area (Å²) in [6, 6.07) is 15.3. The number of anilines is 1. The van der Waals surface area contributed by atoms with Crippen molar-refractivity contribution in [2.75, 3.05) is 5.32 Å². The minimum atomic E-state index is -0.398. The fourth-order valence-corrected chi connectivity index (χ4v) is 2.76. The second kappa shape index (κ2) is 7.32. The predicted octanol–water partition coefficient (Wildman–Crippen LogP) is 3.79. The summed E-state index contributed by atoms with van der Waals surface area (Å²) in [4.78, 5) is 16.6. The number of aryl methyl sites for hydroxylation is 2. The maximum absolute atomic E-state index is 12.4. The Hall–Kier alpha value is -2.92. The summed E-state index contributed by atoms with van der Waals surface area (Å²) in [5.41, 5.74) is 10.4. The van der Waals surface area contributed by atoms with Gasteiger partial charge < -0.3 is 15.5 Å². The molecule has 1 amide bonds. The van der Waals surface area contributed by atoms with Crippen LogP contribution in [0, 0.1) is 13.8 Å². The van der Waals surface area contributed by atoms with Gasteiger partial charge in [0, 0.05) is 5.69 Å². The molecule has 0 bridgehead atoms. The Morgan fingerprint density at radius 3 is 2.52 bits per heavy atom. The number of nitrogens with zero attached hydrogens (tertiary/aromatic N) is 1. The van der Waals surface area contributed by atoms with Gasteiger partial charge in [0.2, 0.25) is 5.89 Å². The van der Waals surface area contributed by atoms with E-state index in [0.717, 1.165) is 22.4 Å². The maximum Gasteiger partial charge on any atom is 0.277 e. The van der Waals surface area contributed by atoms with E-state index in [9.17, 15) is 4.79 Å². The summed E-state index contributed by atoms with van der Waals surface area (Å²) in [6.07, 6.45) is 1.94. The zero-order chi connectivity index (χ0) is 17.8. The lowest BCUT2D eigenvalue weighted by molar-refractivity contribution is 0.102. The molecular weight excluding hydrogens is 314 g/mol. The van der Waals surface area contributed by atoms with Crippen LogP contribution in [0.5, 0.6) is 0 Å². The van der Waals surface area contributed by atoms with E-state index in [2.05, 4.69) is 10.3 Å². The molecule has 0 saturated heterocycles. The van der Waals surface area contributed by atoms with Crippen molar-refractivity contribution in [2.45, 2.75) is 26.3 Å². The number of rotatable bonds is 5. The van der Waals surface area contributed by atoms with E-state index in [-0.39, 0.29) is 11.6 Å². The fourth-order valence-electron chi connectivity index (χ4n) is 2.76. The highest BCUT2D eigenvalue weighted by atomic mass is 16.3. The molecule has 0 aliphatic rings. The number of benzene rings is 2. The van der Waals surface area contributed by atoms with Crippen LogP contribution in [0.25, 0.3) is 0 Å². The van der Waals surface area contributed by atoms with Gasteiger partial charge in [0.05, 0.1) is 6.04 Å².